The second-order valence-electron chi connectivity index (χ2n) is 10.3. The summed E-state index contributed by atoms with van der Waals surface area (Å²) in [7, 11) is 1.44. The zero-order valence-electron chi connectivity index (χ0n) is 23.9. The molecule has 3 aromatic carbocycles. The van der Waals surface area contributed by atoms with E-state index in [1.54, 1.807) is 11.0 Å². The average Bonchev–Trinajstić information content (AvgIpc) is 3.56. The molecule has 226 valence electrons. The smallest absolute Gasteiger partial charge is 0.410 e. The summed E-state index contributed by atoms with van der Waals surface area (Å²) < 4.78 is 46.0. The summed E-state index contributed by atoms with van der Waals surface area (Å²) in [5.41, 5.74) is -0.995. The number of methoxy groups -OCH3 is 2. The number of carbonyl (C=O) groups is 3. The van der Waals surface area contributed by atoms with Crippen LogP contribution in [0.4, 0.5) is 10.5 Å². The molecule has 0 spiro atoms. The molecular weight excluding hydrogens is 598 g/mol. The fourth-order valence-corrected chi connectivity index (χ4v) is 7.31. The van der Waals surface area contributed by atoms with Crippen molar-refractivity contribution in [2.75, 3.05) is 39.2 Å². The number of fused-ring (bicyclic) bond motifs is 1. The summed E-state index contributed by atoms with van der Waals surface area (Å²) in [5, 5.41) is 0.254. The van der Waals surface area contributed by atoms with Gasteiger partial charge in [-0.05, 0) is 61.4 Å². The molecule has 0 aromatic heterocycles. The summed E-state index contributed by atoms with van der Waals surface area (Å²) >= 11 is 6.51. The van der Waals surface area contributed by atoms with Gasteiger partial charge in [-0.15, -0.1) is 0 Å². The van der Waals surface area contributed by atoms with E-state index in [2.05, 4.69) is 0 Å². The van der Waals surface area contributed by atoms with Gasteiger partial charge in [-0.25, -0.2) is 22.4 Å². The van der Waals surface area contributed by atoms with Gasteiger partial charge in [0, 0.05) is 42.4 Å². The molecule has 0 radical (unpaired) electrons. The Labute approximate surface area is 254 Å². The molecule has 3 aromatic rings. The topological polar surface area (TPSA) is 123 Å². The van der Waals surface area contributed by atoms with Crippen LogP contribution in [-0.4, -0.2) is 77.6 Å². The van der Waals surface area contributed by atoms with E-state index in [1.807, 2.05) is 0 Å². The number of hydrogen-bond donors (Lipinski definition) is 0. The molecule has 2 atom stereocenters. The summed E-state index contributed by atoms with van der Waals surface area (Å²) in [6.07, 6.45) is 0.0125. The summed E-state index contributed by atoms with van der Waals surface area (Å²) in [4.78, 5) is 42.3. The lowest BCUT2D eigenvalue weighted by Crippen LogP contribution is -2.57. The summed E-state index contributed by atoms with van der Waals surface area (Å²) in [6, 6.07) is 14.7. The third-order valence-electron chi connectivity index (χ3n) is 7.64. The Morgan fingerprint density at radius 1 is 1.02 bits per heavy atom. The van der Waals surface area contributed by atoms with Crippen molar-refractivity contribution in [2.24, 2.45) is 0 Å². The molecule has 5 rings (SSSR count). The fraction of sp³-hybridized carbons (Fsp3) is 0.300. The quantitative estimate of drug-likeness (QED) is 0.337. The highest BCUT2D eigenvalue weighted by atomic mass is 35.5. The van der Waals surface area contributed by atoms with Crippen LogP contribution in [0.2, 0.25) is 5.02 Å². The molecule has 2 amide bonds. The first kappa shape index (κ1) is 30.3. The van der Waals surface area contributed by atoms with Crippen LogP contribution in [0.1, 0.15) is 34.3 Å². The first-order chi connectivity index (χ1) is 20.5. The number of ether oxygens (including phenoxy) is 3. The van der Waals surface area contributed by atoms with Crippen LogP contribution < -0.4 is 13.8 Å². The van der Waals surface area contributed by atoms with Gasteiger partial charge in [0.25, 0.3) is 15.9 Å². The molecule has 1 unspecified atom stereocenters. The van der Waals surface area contributed by atoms with Crippen molar-refractivity contribution in [1.29, 1.82) is 0 Å². The van der Waals surface area contributed by atoms with Crippen molar-refractivity contribution in [3.05, 3.63) is 82.4 Å². The van der Waals surface area contributed by atoms with Crippen molar-refractivity contribution in [2.45, 2.75) is 29.5 Å². The second-order valence-corrected chi connectivity index (χ2v) is 12.5. The zero-order valence-corrected chi connectivity index (χ0v) is 25.5. The van der Waals surface area contributed by atoms with Gasteiger partial charge in [-0.1, -0.05) is 23.7 Å². The molecule has 11 nitrogen and oxygen atoms in total. The highest BCUT2D eigenvalue weighted by Crippen LogP contribution is 2.55. The van der Waals surface area contributed by atoms with Crippen LogP contribution >= 0.6 is 11.6 Å². The number of sulfonamides is 1. The minimum Gasteiger partial charge on any atom is -0.497 e. The number of rotatable bonds is 8. The van der Waals surface area contributed by atoms with Crippen molar-refractivity contribution in [3.63, 3.8) is 0 Å². The third-order valence-corrected chi connectivity index (χ3v) is 9.59. The first-order valence-corrected chi connectivity index (χ1v) is 15.1. The molecule has 2 aliphatic heterocycles. The maximum Gasteiger partial charge on any atom is 0.410 e. The van der Waals surface area contributed by atoms with Gasteiger partial charge in [0.05, 0.1) is 24.8 Å². The average molecular weight is 628 g/mol. The number of anilines is 1. The van der Waals surface area contributed by atoms with Crippen LogP contribution in [-0.2, 0) is 25.1 Å². The van der Waals surface area contributed by atoms with E-state index in [4.69, 9.17) is 25.8 Å². The Kier molecular flexibility index (Phi) is 8.12. The predicted molar refractivity (Wildman–Crippen MR) is 158 cm³/mol. The van der Waals surface area contributed by atoms with E-state index in [0.717, 1.165) is 4.31 Å². The van der Waals surface area contributed by atoms with Crippen molar-refractivity contribution < 1.29 is 37.0 Å². The van der Waals surface area contributed by atoms with Crippen molar-refractivity contribution in [3.8, 4) is 11.5 Å². The van der Waals surface area contributed by atoms with Gasteiger partial charge in [0.2, 0.25) is 0 Å². The number of likely N-dealkylation sites (tertiary alicyclic amines) is 1. The van der Waals surface area contributed by atoms with Gasteiger partial charge >= 0.3 is 6.09 Å². The molecule has 0 aliphatic carbocycles. The van der Waals surface area contributed by atoms with E-state index in [1.165, 1.54) is 87.8 Å². The molecule has 13 heteroatoms. The third kappa shape index (κ3) is 4.89. The molecule has 1 fully saturated rings. The monoisotopic (exact) mass is 627 g/mol. The number of carbonyl (C=O) groups excluding carboxylic acids is 3. The van der Waals surface area contributed by atoms with Gasteiger partial charge in [-0.2, -0.15) is 0 Å². The van der Waals surface area contributed by atoms with Gasteiger partial charge in [0.15, 0.2) is 11.8 Å². The Bertz CT molecular complexity index is 1700. The number of amides is 2. The lowest BCUT2D eigenvalue weighted by molar-refractivity contribution is -0.132. The van der Waals surface area contributed by atoms with Crippen LogP contribution in [0, 0.1) is 0 Å². The molecule has 0 N–H and O–H groups in total. The molecular formula is C30H30ClN3O8S. The van der Waals surface area contributed by atoms with E-state index in [0.29, 0.717) is 24.9 Å². The van der Waals surface area contributed by atoms with Crippen LogP contribution in [0.5, 0.6) is 11.5 Å². The Morgan fingerprint density at radius 2 is 1.74 bits per heavy atom. The first-order valence-electron chi connectivity index (χ1n) is 13.3. The molecule has 2 heterocycles. The molecule has 0 saturated carbocycles. The molecule has 43 heavy (non-hydrogen) atoms. The van der Waals surface area contributed by atoms with Crippen LogP contribution in [0.25, 0.3) is 0 Å². The second kappa shape index (κ2) is 11.5. The van der Waals surface area contributed by atoms with E-state index in [-0.39, 0.29) is 44.6 Å². The molecule has 2 aliphatic rings. The maximum atomic E-state index is 15.1. The Morgan fingerprint density at radius 3 is 2.37 bits per heavy atom. The molecule has 1 saturated heterocycles. The van der Waals surface area contributed by atoms with Crippen LogP contribution in [0.3, 0.4) is 0 Å². The van der Waals surface area contributed by atoms with Crippen molar-refractivity contribution >= 4 is 45.6 Å². The van der Waals surface area contributed by atoms with Crippen LogP contribution in [0.15, 0.2) is 65.6 Å². The minimum absolute atomic E-state index is 0.0799. The number of hydrogen-bond acceptors (Lipinski definition) is 9. The highest BCUT2D eigenvalue weighted by molar-refractivity contribution is 7.93. The van der Waals surface area contributed by atoms with E-state index >= 15 is 4.79 Å². The fourth-order valence-electron chi connectivity index (χ4n) is 5.68. The lowest BCUT2D eigenvalue weighted by atomic mass is 9.81. The number of halogens is 1. The van der Waals surface area contributed by atoms with Gasteiger partial charge in [0.1, 0.15) is 17.8 Å². The Hall–Kier alpha value is -4.13. The van der Waals surface area contributed by atoms with E-state index < -0.39 is 33.8 Å². The number of aldehydes is 1. The number of nitrogens with zero attached hydrogens (tertiary/aromatic N) is 3. The predicted octanol–water partition coefficient (Wildman–Crippen LogP) is 4.27. The zero-order chi connectivity index (χ0) is 31.1. The summed E-state index contributed by atoms with van der Waals surface area (Å²) in [5.74, 6) is -0.237. The molecule has 0 bridgehead atoms. The Balaban J connectivity index is 1.82. The normalized spacial score (nSPS) is 20.1. The van der Waals surface area contributed by atoms with E-state index in [9.17, 15) is 18.0 Å². The maximum absolute atomic E-state index is 15.1. The standard InChI is InChI=1S/C30H30ClN3O8S/c1-32(2)29(37)42-27-6-5-15-33(27)30(23-13-7-19(18-35)16-26(23)41-4)24-17-20(31)8-14-25(24)34(28(30)36)43(38,39)22-11-9-21(40-3)10-12-22/h7-14,16-18,27H,5-6,15H2,1-4H3/t27-,30?/m0/s1. The lowest BCUT2D eigenvalue weighted by Gasteiger charge is -2.41. The minimum atomic E-state index is -4.49. The highest BCUT2D eigenvalue weighted by Gasteiger charge is 2.62. The summed E-state index contributed by atoms with van der Waals surface area (Å²) in [6.45, 7) is 0.262. The largest absolute Gasteiger partial charge is 0.497 e. The van der Waals surface area contributed by atoms with Crippen molar-refractivity contribution in [1.82, 2.24) is 9.80 Å². The number of benzene rings is 3. The van der Waals surface area contributed by atoms with Gasteiger partial charge in [-0.3, -0.25) is 9.59 Å². The SMILES string of the molecule is COc1ccc(S(=O)(=O)N2C(=O)C(c3ccc(C=O)cc3OC)(N3CCC[C@@H]3OC(=O)N(C)C)c3cc(Cl)ccc32)cc1. The van der Waals surface area contributed by atoms with Gasteiger partial charge < -0.3 is 19.1 Å².